The molecule has 0 aromatic heterocycles. The van der Waals surface area contributed by atoms with Crippen LogP contribution in [-0.4, -0.2) is 25.2 Å². The van der Waals surface area contributed by atoms with Gasteiger partial charge in [0.1, 0.15) is 11.5 Å². The Bertz CT molecular complexity index is 389. The lowest BCUT2D eigenvalue weighted by Gasteiger charge is -2.18. The summed E-state index contributed by atoms with van der Waals surface area (Å²) in [5.74, 6) is 1.34. The number of carbonyl (C=O) groups is 1. The molecular formula is C15H23NO3. The fourth-order valence-corrected chi connectivity index (χ4v) is 1.78. The van der Waals surface area contributed by atoms with Crippen LogP contribution in [0.15, 0.2) is 24.3 Å². The molecule has 0 saturated heterocycles. The number of nitrogens with one attached hydrogen (secondary N) is 1. The minimum absolute atomic E-state index is 0.0863. The molecule has 0 bridgehead atoms. The van der Waals surface area contributed by atoms with Crippen LogP contribution in [0.25, 0.3) is 0 Å². The zero-order chi connectivity index (χ0) is 14.3. The third-order valence-electron chi connectivity index (χ3n) is 2.85. The van der Waals surface area contributed by atoms with E-state index in [9.17, 15) is 4.79 Å². The highest BCUT2D eigenvalue weighted by Crippen LogP contribution is 2.18. The molecule has 0 heterocycles. The van der Waals surface area contributed by atoms with E-state index < -0.39 is 6.10 Å². The van der Waals surface area contributed by atoms with E-state index in [4.69, 9.17) is 9.47 Å². The molecule has 1 aromatic rings. The smallest absolute Gasteiger partial charge is 0.260 e. The number of ether oxygens (including phenoxy) is 2. The molecule has 1 amide bonds. The number of methoxy groups -OCH3 is 1. The van der Waals surface area contributed by atoms with Crippen molar-refractivity contribution < 1.29 is 14.3 Å². The van der Waals surface area contributed by atoms with Gasteiger partial charge in [0.05, 0.1) is 7.11 Å². The topological polar surface area (TPSA) is 47.6 Å². The van der Waals surface area contributed by atoms with Gasteiger partial charge in [-0.05, 0) is 44.5 Å². The summed E-state index contributed by atoms with van der Waals surface area (Å²) in [5.41, 5.74) is 0. The van der Waals surface area contributed by atoms with Crippen LogP contribution in [-0.2, 0) is 4.79 Å². The van der Waals surface area contributed by atoms with Crippen molar-refractivity contribution in [2.45, 2.75) is 45.8 Å². The second-order valence-corrected chi connectivity index (χ2v) is 4.63. The van der Waals surface area contributed by atoms with Crippen molar-refractivity contribution in [2.75, 3.05) is 7.11 Å². The largest absolute Gasteiger partial charge is 0.497 e. The molecule has 1 N–H and O–H groups in total. The third kappa shape index (κ3) is 5.20. The Morgan fingerprint density at radius 3 is 2.32 bits per heavy atom. The van der Waals surface area contributed by atoms with Crippen molar-refractivity contribution in [1.82, 2.24) is 5.32 Å². The SMILES string of the molecule is CCC[C@H](C)NC(=O)[C@H](C)Oc1ccc(OC)cc1. The molecule has 2 atom stereocenters. The minimum atomic E-state index is -0.507. The molecule has 1 rings (SSSR count). The molecule has 0 unspecified atom stereocenters. The number of hydrogen-bond donors (Lipinski definition) is 1. The second kappa shape index (κ2) is 7.67. The predicted octanol–water partition coefficient (Wildman–Crippen LogP) is 2.77. The Hall–Kier alpha value is -1.71. The van der Waals surface area contributed by atoms with Crippen LogP contribution in [0.4, 0.5) is 0 Å². The lowest BCUT2D eigenvalue weighted by molar-refractivity contribution is -0.127. The molecule has 106 valence electrons. The van der Waals surface area contributed by atoms with Gasteiger partial charge in [-0.3, -0.25) is 4.79 Å². The van der Waals surface area contributed by atoms with Crippen LogP contribution in [0.5, 0.6) is 11.5 Å². The first-order chi connectivity index (χ1) is 9.06. The first-order valence-electron chi connectivity index (χ1n) is 6.68. The zero-order valence-electron chi connectivity index (χ0n) is 12.1. The lowest BCUT2D eigenvalue weighted by atomic mass is 10.2. The first kappa shape index (κ1) is 15.3. The van der Waals surface area contributed by atoms with Crippen molar-refractivity contribution in [3.63, 3.8) is 0 Å². The van der Waals surface area contributed by atoms with E-state index in [1.165, 1.54) is 0 Å². The van der Waals surface area contributed by atoms with Gasteiger partial charge in [0.25, 0.3) is 5.91 Å². The average Bonchev–Trinajstić information content (AvgIpc) is 2.39. The minimum Gasteiger partial charge on any atom is -0.497 e. The normalized spacial score (nSPS) is 13.5. The van der Waals surface area contributed by atoms with E-state index in [2.05, 4.69) is 12.2 Å². The first-order valence-corrected chi connectivity index (χ1v) is 6.68. The molecular weight excluding hydrogens is 242 g/mol. The molecule has 0 aliphatic heterocycles. The van der Waals surface area contributed by atoms with E-state index >= 15 is 0 Å². The Morgan fingerprint density at radius 1 is 1.21 bits per heavy atom. The molecule has 0 spiro atoms. The van der Waals surface area contributed by atoms with Gasteiger partial charge in [-0.1, -0.05) is 13.3 Å². The van der Waals surface area contributed by atoms with Gasteiger partial charge in [-0.15, -0.1) is 0 Å². The monoisotopic (exact) mass is 265 g/mol. The van der Waals surface area contributed by atoms with E-state index in [1.807, 2.05) is 6.92 Å². The highest BCUT2D eigenvalue weighted by atomic mass is 16.5. The van der Waals surface area contributed by atoms with Crippen molar-refractivity contribution >= 4 is 5.91 Å². The summed E-state index contributed by atoms with van der Waals surface area (Å²) in [6.07, 6.45) is 1.52. The van der Waals surface area contributed by atoms with Crippen LogP contribution in [0.1, 0.15) is 33.6 Å². The summed E-state index contributed by atoms with van der Waals surface area (Å²) >= 11 is 0. The number of rotatable bonds is 7. The molecule has 4 heteroatoms. The van der Waals surface area contributed by atoms with Crippen LogP contribution in [0.2, 0.25) is 0 Å². The van der Waals surface area contributed by atoms with Crippen LogP contribution < -0.4 is 14.8 Å². The molecule has 19 heavy (non-hydrogen) atoms. The van der Waals surface area contributed by atoms with Crippen LogP contribution in [0.3, 0.4) is 0 Å². The molecule has 0 radical (unpaired) electrons. The number of amides is 1. The lowest BCUT2D eigenvalue weighted by Crippen LogP contribution is -2.41. The highest BCUT2D eigenvalue weighted by molar-refractivity contribution is 5.80. The van der Waals surface area contributed by atoms with E-state index in [0.717, 1.165) is 18.6 Å². The Morgan fingerprint density at radius 2 is 1.79 bits per heavy atom. The van der Waals surface area contributed by atoms with Crippen LogP contribution >= 0.6 is 0 Å². The molecule has 0 saturated carbocycles. The van der Waals surface area contributed by atoms with Gasteiger partial charge in [0.15, 0.2) is 6.10 Å². The van der Waals surface area contributed by atoms with Gasteiger partial charge >= 0.3 is 0 Å². The summed E-state index contributed by atoms with van der Waals surface area (Å²) in [4.78, 5) is 11.9. The standard InChI is InChI=1S/C15H23NO3/c1-5-6-11(2)16-15(17)12(3)19-14-9-7-13(18-4)8-10-14/h7-12H,5-6H2,1-4H3,(H,16,17)/t11-,12-/m0/s1. The summed E-state index contributed by atoms with van der Waals surface area (Å²) < 4.78 is 10.7. The van der Waals surface area contributed by atoms with E-state index in [0.29, 0.717) is 5.75 Å². The van der Waals surface area contributed by atoms with Crippen LogP contribution in [0, 0.1) is 0 Å². The van der Waals surface area contributed by atoms with Crippen molar-refractivity contribution in [1.29, 1.82) is 0 Å². The molecule has 0 fully saturated rings. The summed E-state index contributed by atoms with van der Waals surface area (Å²) in [7, 11) is 1.61. The van der Waals surface area contributed by atoms with Crippen molar-refractivity contribution in [3.8, 4) is 11.5 Å². The highest BCUT2D eigenvalue weighted by Gasteiger charge is 2.16. The Kier molecular flexibility index (Phi) is 6.19. The van der Waals surface area contributed by atoms with Crippen molar-refractivity contribution in [3.05, 3.63) is 24.3 Å². The number of benzene rings is 1. The fourth-order valence-electron chi connectivity index (χ4n) is 1.78. The van der Waals surface area contributed by atoms with Gasteiger partial charge in [0, 0.05) is 6.04 Å². The quantitative estimate of drug-likeness (QED) is 0.824. The van der Waals surface area contributed by atoms with Gasteiger partial charge in [0.2, 0.25) is 0 Å². The molecule has 4 nitrogen and oxygen atoms in total. The van der Waals surface area contributed by atoms with Gasteiger partial charge < -0.3 is 14.8 Å². The van der Waals surface area contributed by atoms with Gasteiger partial charge in [-0.2, -0.15) is 0 Å². The summed E-state index contributed by atoms with van der Waals surface area (Å²) in [5, 5.41) is 2.93. The third-order valence-corrected chi connectivity index (χ3v) is 2.85. The summed E-state index contributed by atoms with van der Waals surface area (Å²) in [6, 6.07) is 7.37. The average molecular weight is 265 g/mol. The maximum absolute atomic E-state index is 11.9. The van der Waals surface area contributed by atoms with E-state index in [1.54, 1.807) is 38.3 Å². The predicted molar refractivity (Wildman–Crippen MR) is 75.6 cm³/mol. The van der Waals surface area contributed by atoms with E-state index in [-0.39, 0.29) is 11.9 Å². The maximum Gasteiger partial charge on any atom is 0.260 e. The summed E-state index contributed by atoms with van der Waals surface area (Å²) in [6.45, 7) is 5.85. The number of hydrogen-bond acceptors (Lipinski definition) is 3. The zero-order valence-corrected chi connectivity index (χ0v) is 12.1. The number of carbonyl (C=O) groups excluding carboxylic acids is 1. The fraction of sp³-hybridized carbons (Fsp3) is 0.533. The Balaban J connectivity index is 2.48. The molecule has 0 aliphatic rings. The molecule has 0 aliphatic carbocycles. The maximum atomic E-state index is 11.9. The second-order valence-electron chi connectivity index (χ2n) is 4.63. The Labute approximate surface area is 115 Å². The van der Waals surface area contributed by atoms with Crippen molar-refractivity contribution in [2.24, 2.45) is 0 Å². The molecule has 1 aromatic carbocycles. The van der Waals surface area contributed by atoms with Gasteiger partial charge in [-0.25, -0.2) is 0 Å².